The molecule has 1 N–H and O–H groups in total. The monoisotopic (exact) mass is 406 g/mol. The van der Waals surface area contributed by atoms with Gasteiger partial charge < -0.3 is 5.32 Å². The van der Waals surface area contributed by atoms with Gasteiger partial charge in [-0.15, -0.1) is 0 Å². The first-order valence-corrected chi connectivity index (χ1v) is 9.44. The van der Waals surface area contributed by atoms with Gasteiger partial charge >= 0.3 is 6.18 Å². The number of nitrogens with one attached hydrogen (secondary N) is 1. The second-order valence-electron chi connectivity index (χ2n) is 7.38. The van der Waals surface area contributed by atoms with Crippen molar-refractivity contribution in [1.29, 1.82) is 0 Å². The van der Waals surface area contributed by atoms with E-state index in [0.29, 0.717) is 19.0 Å². The average molecular weight is 406 g/mol. The molecular weight excluding hydrogens is 385 g/mol. The molecule has 1 aliphatic carbocycles. The van der Waals surface area contributed by atoms with Crippen LogP contribution in [0.3, 0.4) is 0 Å². The van der Waals surface area contributed by atoms with Crippen LogP contribution < -0.4 is 5.32 Å². The number of carbonyl (C=O) groups excluding carboxylic acids is 1. The molecule has 7 nitrogen and oxygen atoms in total. The molecular formula is C19H21F3N6O. The van der Waals surface area contributed by atoms with Gasteiger partial charge in [0, 0.05) is 24.4 Å². The van der Waals surface area contributed by atoms with Gasteiger partial charge in [-0.05, 0) is 38.8 Å². The van der Waals surface area contributed by atoms with Crippen molar-refractivity contribution < 1.29 is 18.0 Å². The summed E-state index contributed by atoms with van der Waals surface area (Å²) in [5.74, 6) is 0.223. The molecule has 0 aromatic carbocycles. The molecule has 10 heteroatoms. The first-order valence-electron chi connectivity index (χ1n) is 9.44. The molecule has 0 bridgehead atoms. The maximum absolute atomic E-state index is 13.4. The fourth-order valence-corrected chi connectivity index (χ4v) is 3.41. The van der Waals surface area contributed by atoms with E-state index in [-0.39, 0.29) is 34.9 Å². The van der Waals surface area contributed by atoms with Crippen molar-refractivity contribution in [3.05, 3.63) is 41.0 Å². The van der Waals surface area contributed by atoms with Gasteiger partial charge in [-0.2, -0.15) is 23.4 Å². The van der Waals surface area contributed by atoms with Crippen molar-refractivity contribution in [3.8, 4) is 0 Å². The number of fused-ring (bicyclic) bond motifs is 1. The van der Waals surface area contributed by atoms with E-state index in [1.54, 1.807) is 4.68 Å². The minimum absolute atomic E-state index is 0.0612. The number of rotatable bonds is 6. The molecule has 29 heavy (non-hydrogen) atoms. The molecule has 4 rings (SSSR count). The van der Waals surface area contributed by atoms with Crippen molar-refractivity contribution in [2.45, 2.75) is 51.9 Å². The van der Waals surface area contributed by atoms with Crippen LogP contribution in [-0.4, -0.2) is 37.0 Å². The smallest absolute Gasteiger partial charge is 0.353 e. The fourth-order valence-electron chi connectivity index (χ4n) is 3.41. The Hall–Kier alpha value is -2.91. The Labute approximate surface area is 164 Å². The van der Waals surface area contributed by atoms with Gasteiger partial charge in [0.1, 0.15) is 6.54 Å². The number of aryl methyl sites for hydroxylation is 2. The molecule has 3 aromatic heterocycles. The Balaban J connectivity index is 1.44. The predicted octanol–water partition coefficient (Wildman–Crippen LogP) is 2.96. The Morgan fingerprint density at radius 1 is 1.28 bits per heavy atom. The molecule has 1 fully saturated rings. The van der Waals surface area contributed by atoms with Crippen LogP contribution >= 0.6 is 0 Å². The summed E-state index contributed by atoms with van der Waals surface area (Å²) in [7, 11) is 0. The first kappa shape index (κ1) is 19.4. The molecule has 0 spiro atoms. The lowest BCUT2D eigenvalue weighted by atomic mass is 10.1. The van der Waals surface area contributed by atoms with Gasteiger partial charge in [-0.3, -0.25) is 9.48 Å². The van der Waals surface area contributed by atoms with Crippen LogP contribution in [0, 0.1) is 13.8 Å². The molecule has 154 valence electrons. The molecule has 3 heterocycles. The summed E-state index contributed by atoms with van der Waals surface area (Å²) in [6.45, 7) is 3.65. The zero-order chi connectivity index (χ0) is 20.8. The number of carbonyl (C=O) groups is 1. The van der Waals surface area contributed by atoms with Gasteiger partial charge in [0.15, 0.2) is 5.65 Å². The minimum atomic E-state index is -4.52. The SMILES string of the molecule is Cc1cc(C(F)(F)F)c2c(C)nn(CC(=O)NCCn3ccc(C4CC4)n3)c2n1. The minimum Gasteiger partial charge on any atom is -0.353 e. The third kappa shape index (κ3) is 4.10. The second-order valence-corrected chi connectivity index (χ2v) is 7.38. The quantitative estimate of drug-likeness (QED) is 0.683. The lowest BCUT2D eigenvalue weighted by Crippen LogP contribution is -2.31. The number of hydrogen-bond donors (Lipinski definition) is 1. The highest BCUT2D eigenvalue weighted by atomic mass is 19.4. The van der Waals surface area contributed by atoms with Crippen molar-refractivity contribution in [2.24, 2.45) is 0 Å². The highest BCUT2D eigenvalue weighted by Crippen LogP contribution is 2.38. The van der Waals surface area contributed by atoms with Crippen molar-refractivity contribution >= 4 is 16.9 Å². The molecule has 0 aliphatic heterocycles. The van der Waals surface area contributed by atoms with E-state index < -0.39 is 11.7 Å². The van der Waals surface area contributed by atoms with Crippen LogP contribution in [0.15, 0.2) is 18.3 Å². The summed E-state index contributed by atoms with van der Waals surface area (Å²) >= 11 is 0. The second kappa shape index (κ2) is 7.16. The highest BCUT2D eigenvalue weighted by Gasteiger charge is 2.35. The fraction of sp³-hybridized carbons (Fsp3) is 0.474. The summed E-state index contributed by atoms with van der Waals surface area (Å²) in [4.78, 5) is 16.5. The van der Waals surface area contributed by atoms with E-state index in [9.17, 15) is 18.0 Å². The van der Waals surface area contributed by atoms with Crippen LogP contribution in [0.1, 0.15) is 41.4 Å². The molecule has 0 unspecified atom stereocenters. The third-order valence-corrected chi connectivity index (χ3v) is 4.92. The van der Waals surface area contributed by atoms with Gasteiger partial charge in [0.25, 0.3) is 0 Å². The van der Waals surface area contributed by atoms with Crippen LogP contribution in [-0.2, 0) is 24.1 Å². The van der Waals surface area contributed by atoms with E-state index >= 15 is 0 Å². The molecule has 0 saturated heterocycles. The number of alkyl halides is 3. The summed E-state index contributed by atoms with van der Waals surface area (Å²) in [5, 5.41) is 11.3. The van der Waals surface area contributed by atoms with Gasteiger partial charge in [-0.1, -0.05) is 0 Å². The number of nitrogens with zero attached hydrogens (tertiary/aromatic N) is 5. The summed E-state index contributed by atoms with van der Waals surface area (Å²) in [5.41, 5.74) is 0.769. The normalized spacial score (nSPS) is 14.5. The maximum atomic E-state index is 13.4. The van der Waals surface area contributed by atoms with Gasteiger partial charge in [0.05, 0.1) is 28.9 Å². The van der Waals surface area contributed by atoms with E-state index in [2.05, 4.69) is 20.5 Å². The Morgan fingerprint density at radius 2 is 2.03 bits per heavy atom. The Bertz CT molecular complexity index is 1060. The van der Waals surface area contributed by atoms with E-state index in [4.69, 9.17) is 0 Å². The standard InChI is InChI=1S/C19H21F3N6O/c1-11-9-14(19(20,21)22)17-12(2)25-28(18(17)24-11)10-16(29)23-6-8-27-7-5-15(26-27)13-3-4-13/h5,7,9,13H,3-4,6,8,10H2,1-2H3,(H,23,29). The maximum Gasteiger partial charge on any atom is 0.417 e. The highest BCUT2D eigenvalue weighted by molar-refractivity contribution is 5.85. The zero-order valence-corrected chi connectivity index (χ0v) is 16.1. The zero-order valence-electron chi connectivity index (χ0n) is 16.1. The first-order chi connectivity index (χ1) is 13.7. The van der Waals surface area contributed by atoms with Gasteiger partial charge in [-0.25, -0.2) is 9.67 Å². The number of amides is 1. The molecule has 1 saturated carbocycles. The molecule has 1 amide bonds. The van der Waals surface area contributed by atoms with Crippen molar-refractivity contribution in [2.75, 3.05) is 6.54 Å². The Kier molecular flexibility index (Phi) is 4.79. The van der Waals surface area contributed by atoms with Crippen LogP contribution in [0.25, 0.3) is 11.0 Å². The summed E-state index contributed by atoms with van der Waals surface area (Å²) < 4.78 is 43.1. The summed E-state index contributed by atoms with van der Waals surface area (Å²) in [6.07, 6.45) is -0.283. The van der Waals surface area contributed by atoms with Crippen molar-refractivity contribution in [3.63, 3.8) is 0 Å². The average Bonchev–Trinajstić information content (AvgIpc) is 3.30. The Morgan fingerprint density at radius 3 is 2.72 bits per heavy atom. The predicted molar refractivity (Wildman–Crippen MR) is 99.2 cm³/mol. The van der Waals surface area contributed by atoms with Crippen LogP contribution in [0.5, 0.6) is 0 Å². The number of hydrogen-bond acceptors (Lipinski definition) is 4. The number of halogens is 3. The number of aromatic nitrogens is 5. The molecule has 1 aliphatic rings. The largest absolute Gasteiger partial charge is 0.417 e. The van der Waals surface area contributed by atoms with Crippen LogP contribution in [0.2, 0.25) is 0 Å². The third-order valence-electron chi connectivity index (χ3n) is 4.92. The molecule has 0 radical (unpaired) electrons. The lowest BCUT2D eigenvalue weighted by molar-refractivity contribution is -0.136. The van der Waals surface area contributed by atoms with Gasteiger partial charge in [0.2, 0.25) is 5.91 Å². The lowest BCUT2D eigenvalue weighted by Gasteiger charge is -2.10. The molecule has 3 aromatic rings. The van der Waals surface area contributed by atoms with E-state index in [1.807, 2.05) is 12.3 Å². The topological polar surface area (TPSA) is 77.6 Å². The van der Waals surface area contributed by atoms with E-state index in [0.717, 1.165) is 11.8 Å². The summed E-state index contributed by atoms with van der Waals surface area (Å²) in [6, 6.07) is 2.99. The van der Waals surface area contributed by atoms with E-state index in [1.165, 1.54) is 31.4 Å². The number of pyridine rings is 1. The van der Waals surface area contributed by atoms with Crippen molar-refractivity contribution in [1.82, 2.24) is 29.9 Å². The molecule has 0 atom stereocenters. The van der Waals surface area contributed by atoms with Crippen LogP contribution in [0.4, 0.5) is 13.2 Å².